The lowest BCUT2D eigenvalue weighted by Crippen LogP contribution is -2.27. The van der Waals surface area contributed by atoms with Crippen LogP contribution in [0.4, 0.5) is 0 Å². The fraction of sp³-hybridized carbons (Fsp3) is 0.200. The average molecular weight is 352 g/mol. The molecule has 0 bridgehead atoms. The van der Waals surface area contributed by atoms with Gasteiger partial charge in [-0.25, -0.2) is 4.98 Å². The fourth-order valence-electron chi connectivity index (χ4n) is 2.43. The zero-order valence-corrected chi connectivity index (χ0v) is 15.3. The van der Waals surface area contributed by atoms with E-state index < -0.39 is 0 Å². The van der Waals surface area contributed by atoms with Crippen LogP contribution in [0.25, 0.3) is 16.3 Å². The predicted molar refractivity (Wildman–Crippen MR) is 103 cm³/mol. The van der Waals surface area contributed by atoms with Crippen molar-refractivity contribution in [3.8, 4) is 5.75 Å². The van der Waals surface area contributed by atoms with Crippen LogP contribution in [-0.2, 0) is 4.79 Å². The minimum atomic E-state index is -0.0783. The summed E-state index contributed by atoms with van der Waals surface area (Å²) in [4.78, 5) is 18.8. The number of aromatic nitrogens is 1. The molecule has 1 amide bonds. The molecule has 3 rings (SSSR count). The molecule has 0 radical (unpaired) electrons. The second-order valence-electron chi connectivity index (χ2n) is 5.75. The molecule has 4 nitrogen and oxygen atoms in total. The standard InChI is InChI=1S/C20H20N2O2S/c1-14(20-21-17-6-4-5-7-18(17)25-20)22(2)19(23)13-10-15-8-11-16(24-3)12-9-15/h4-14H,1-3H3/b13-10+/t14-/m0/s1. The van der Waals surface area contributed by atoms with E-state index in [9.17, 15) is 4.79 Å². The smallest absolute Gasteiger partial charge is 0.246 e. The first-order valence-electron chi connectivity index (χ1n) is 8.03. The van der Waals surface area contributed by atoms with E-state index in [2.05, 4.69) is 11.1 Å². The first kappa shape index (κ1) is 17.2. The summed E-state index contributed by atoms with van der Waals surface area (Å²) in [6.07, 6.45) is 3.40. The maximum atomic E-state index is 12.5. The number of para-hydroxylation sites is 1. The summed E-state index contributed by atoms with van der Waals surface area (Å²) in [6.45, 7) is 2.00. The third-order valence-corrected chi connectivity index (χ3v) is 5.34. The molecule has 0 saturated heterocycles. The van der Waals surface area contributed by atoms with Crippen LogP contribution >= 0.6 is 11.3 Å². The normalized spacial score (nSPS) is 12.4. The number of amides is 1. The Morgan fingerprint density at radius 3 is 2.60 bits per heavy atom. The summed E-state index contributed by atoms with van der Waals surface area (Å²) < 4.78 is 6.27. The van der Waals surface area contributed by atoms with E-state index in [0.717, 1.165) is 26.5 Å². The van der Waals surface area contributed by atoms with Gasteiger partial charge in [-0.3, -0.25) is 4.79 Å². The number of hydrogen-bond acceptors (Lipinski definition) is 4. The van der Waals surface area contributed by atoms with Crippen LogP contribution < -0.4 is 4.74 Å². The molecule has 0 unspecified atom stereocenters. The van der Waals surface area contributed by atoms with Crippen molar-refractivity contribution >= 4 is 33.5 Å². The molecule has 2 aromatic carbocycles. The van der Waals surface area contributed by atoms with Crippen molar-refractivity contribution in [2.45, 2.75) is 13.0 Å². The minimum absolute atomic E-state index is 0.0532. The molecule has 0 spiro atoms. The third-order valence-electron chi connectivity index (χ3n) is 4.13. The molecule has 5 heteroatoms. The molecule has 0 fully saturated rings. The number of carbonyl (C=O) groups is 1. The Kier molecular flexibility index (Phi) is 5.14. The zero-order chi connectivity index (χ0) is 17.8. The van der Waals surface area contributed by atoms with Crippen LogP contribution in [0.1, 0.15) is 23.5 Å². The van der Waals surface area contributed by atoms with Crippen LogP contribution in [0.2, 0.25) is 0 Å². The van der Waals surface area contributed by atoms with E-state index in [1.165, 1.54) is 0 Å². The van der Waals surface area contributed by atoms with Gasteiger partial charge in [0.05, 0.1) is 23.4 Å². The van der Waals surface area contributed by atoms with Gasteiger partial charge in [-0.2, -0.15) is 0 Å². The van der Waals surface area contributed by atoms with Gasteiger partial charge in [-0.1, -0.05) is 24.3 Å². The second kappa shape index (κ2) is 7.49. The van der Waals surface area contributed by atoms with Crippen LogP contribution in [-0.4, -0.2) is 29.9 Å². The number of likely N-dealkylation sites (N-methyl/N-ethyl adjacent to an activating group) is 1. The number of rotatable bonds is 5. The summed E-state index contributed by atoms with van der Waals surface area (Å²) in [6, 6.07) is 15.5. The topological polar surface area (TPSA) is 42.4 Å². The average Bonchev–Trinajstić information content (AvgIpc) is 3.09. The van der Waals surface area contributed by atoms with Crippen LogP contribution in [0, 0.1) is 0 Å². The van der Waals surface area contributed by atoms with E-state index in [4.69, 9.17) is 4.74 Å². The van der Waals surface area contributed by atoms with E-state index >= 15 is 0 Å². The van der Waals surface area contributed by atoms with Gasteiger partial charge < -0.3 is 9.64 Å². The summed E-state index contributed by atoms with van der Waals surface area (Å²) >= 11 is 1.63. The van der Waals surface area contributed by atoms with Gasteiger partial charge in [0.2, 0.25) is 5.91 Å². The summed E-state index contributed by atoms with van der Waals surface area (Å²) in [5, 5.41) is 0.940. The largest absolute Gasteiger partial charge is 0.497 e. The predicted octanol–water partition coefficient (Wildman–Crippen LogP) is 4.54. The van der Waals surface area contributed by atoms with E-state index in [1.54, 1.807) is 36.5 Å². The maximum absolute atomic E-state index is 12.5. The zero-order valence-electron chi connectivity index (χ0n) is 14.5. The number of fused-ring (bicyclic) bond motifs is 1. The maximum Gasteiger partial charge on any atom is 0.246 e. The third kappa shape index (κ3) is 3.88. The highest BCUT2D eigenvalue weighted by atomic mass is 32.1. The summed E-state index contributed by atoms with van der Waals surface area (Å²) in [5.41, 5.74) is 1.93. The first-order chi connectivity index (χ1) is 12.1. The van der Waals surface area contributed by atoms with Crippen LogP contribution in [0.5, 0.6) is 5.75 Å². The van der Waals surface area contributed by atoms with E-state index in [-0.39, 0.29) is 11.9 Å². The Hall–Kier alpha value is -2.66. The van der Waals surface area contributed by atoms with Crippen molar-refractivity contribution in [2.24, 2.45) is 0 Å². The van der Waals surface area contributed by atoms with E-state index in [0.29, 0.717) is 0 Å². The SMILES string of the molecule is COc1ccc(/C=C/C(=O)N(C)[C@@H](C)c2nc3ccccc3s2)cc1. The van der Waals surface area contributed by atoms with Gasteiger partial charge in [-0.15, -0.1) is 11.3 Å². The molecule has 0 aliphatic heterocycles. The molecule has 1 heterocycles. The number of methoxy groups -OCH3 is 1. The molecule has 0 saturated carbocycles. The second-order valence-corrected chi connectivity index (χ2v) is 6.81. The Bertz CT molecular complexity index is 866. The van der Waals surface area contributed by atoms with Crippen molar-refractivity contribution in [1.29, 1.82) is 0 Å². The quantitative estimate of drug-likeness (QED) is 0.633. The van der Waals surface area contributed by atoms with Gasteiger partial charge in [0.15, 0.2) is 0 Å². The van der Waals surface area contributed by atoms with Crippen LogP contribution in [0.15, 0.2) is 54.6 Å². The lowest BCUT2D eigenvalue weighted by atomic mass is 10.2. The van der Waals surface area contributed by atoms with Crippen molar-refractivity contribution in [2.75, 3.05) is 14.2 Å². The van der Waals surface area contributed by atoms with Gasteiger partial charge in [0.1, 0.15) is 10.8 Å². The number of nitrogens with zero attached hydrogens (tertiary/aromatic N) is 2. The number of thiazole rings is 1. The van der Waals surface area contributed by atoms with E-state index in [1.807, 2.05) is 55.5 Å². The van der Waals surface area contributed by atoms with Crippen molar-refractivity contribution in [3.63, 3.8) is 0 Å². The van der Waals surface area contributed by atoms with Crippen molar-refractivity contribution in [1.82, 2.24) is 9.88 Å². The Morgan fingerprint density at radius 1 is 1.20 bits per heavy atom. The minimum Gasteiger partial charge on any atom is -0.497 e. The number of hydrogen-bond donors (Lipinski definition) is 0. The van der Waals surface area contributed by atoms with Crippen LogP contribution in [0.3, 0.4) is 0 Å². The highest BCUT2D eigenvalue weighted by Gasteiger charge is 2.19. The molecule has 0 aliphatic rings. The summed E-state index contributed by atoms with van der Waals surface area (Å²) in [5.74, 6) is 0.743. The molecule has 1 atom stereocenters. The molecule has 1 aromatic heterocycles. The Balaban J connectivity index is 1.71. The van der Waals surface area contributed by atoms with Crippen molar-refractivity contribution in [3.05, 3.63) is 65.2 Å². The van der Waals surface area contributed by atoms with Gasteiger partial charge in [-0.05, 0) is 42.8 Å². The molecule has 0 aliphatic carbocycles. The number of ether oxygens (including phenoxy) is 1. The van der Waals surface area contributed by atoms with Gasteiger partial charge in [0, 0.05) is 13.1 Å². The molecular weight excluding hydrogens is 332 g/mol. The van der Waals surface area contributed by atoms with Gasteiger partial charge in [0.25, 0.3) is 0 Å². The Morgan fingerprint density at radius 2 is 1.92 bits per heavy atom. The molecule has 25 heavy (non-hydrogen) atoms. The molecule has 0 N–H and O–H groups in total. The molecule has 128 valence electrons. The monoisotopic (exact) mass is 352 g/mol. The van der Waals surface area contributed by atoms with Crippen molar-refractivity contribution < 1.29 is 9.53 Å². The lowest BCUT2D eigenvalue weighted by molar-refractivity contribution is -0.126. The highest BCUT2D eigenvalue weighted by Crippen LogP contribution is 2.28. The highest BCUT2D eigenvalue weighted by molar-refractivity contribution is 7.18. The van der Waals surface area contributed by atoms with Gasteiger partial charge >= 0.3 is 0 Å². The first-order valence-corrected chi connectivity index (χ1v) is 8.84. The molecular formula is C20H20N2O2S. The molecule has 3 aromatic rings. The Labute approximate surface area is 151 Å². The number of benzene rings is 2. The number of carbonyl (C=O) groups excluding carboxylic acids is 1. The lowest BCUT2D eigenvalue weighted by Gasteiger charge is -2.21. The fourth-order valence-corrected chi connectivity index (χ4v) is 3.49. The summed E-state index contributed by atoms with van der Waals surface area (Å²) in [7, 11) is 3.43.